The fourth-order valence-electron chi connectivity index (χ4n) is 3.25. The van der Waals surface area contributed by atoms with Crippen molar-refractivity contribution in [2.24, 2.45) is 11.8 Å². The van der Waals surface area contributed by atoms with Crippen LogP contribution in [-0.2, 0) is 15.1 Å². The Morgan fingerprint density at radius 1 is 1.48 bits per heavy atom. The molecular formula is C15H22N2O4. The molecule has 6 nitrogen and oxygen atoms in total. The molecule has 2 saturated carbocycles. The van der Waals surface area contributed by atoms with Gasteiger partial charge in [-0.25, -0.2) is 0 Å². The van der Waals surface area contributed by atoms with E-state index in [0.29, 0.717) is 30.7 Å². The van der Waals surface area contributed by atoms with E-state index in [9.17, 15) is 4.79 Å². The van der Waals surface area contributed by atoms with Gasteiger partial charge in [-0.05, 0) is 44.9 Å². The second-order valence-electron chi connectivity index (χ2n) is 6.35. The van der Waals surface area contributed by atoms with Crippen molar-refractivity contribution >= 4 is 5.97 Å². The van der Waals surface area contributed by atoms with Gasteiger partial charge in [0.2, 0.25) is 11.7 Å². The molecule has 1 aromatic rings. The molecule has 1 heterocycles. The fraction of sp³-hybridized carbons (Fsp3) is 0.800. The summed E-state index contributed by atoms with van der Waals surface area (Å²) in [6, 6.07) is 0. The number of nitrogens with zero attached hydrogens (tertiary/aromatic N) is 2. The summed E-state index contributed by atoms with van der Waals surface area (Å²) in [5.74, 6) is 0.477. The molecule has 0 spiro atoms. The predicted octanol–water partition coefficient (Wildman–Crippen LogP) is 2.70. The summed E-state index contributed by atoms with van der Waals surface area (Å²) in [7, 11) is 0. The first-order valence-electron chi connectivity index (χ1n) is 7.76. The maximum absolute atomic E-state index is 10.9. The Morgan fingerprint density at radius 3 is 2.76 bits per heavy atom. The molecule has 0 aromatic carbocycles. The fourth-order valence-corrected chi connectivity index (χ4v) is 3.25. The molecule has 2 aliphatic rings. The molecule has 0 saturated heterocycles. The summed E-state index contributed by atoms with van der Waals surface area (Å²) in [5, 5.41) is 13.1. The van der Waals surface area contributed by atoms with E-state index in [4.69, 9.17) is 14.4 Å². The Morgan fingerprint density at radius 2 is 2.19 bits per heavy atom. The van der Waals surface area contributed by atoms with Crippen LogP contribution in [0.4, 0.5) is 0 Å². The first-order valence-corrected chi connectivity index (χ1v) is 7.76. The predicted molar refractivity (Wildman–Crippen MR) is 73.7 cm³/mol. The van der Waals surface area contributed by atoms with Gasteiger partial charge in [-0.15, -0.1) is 0 Å². The van der Waals surface area contributed by atoms with E-state index in [2.05, 4.69) is 17.1 Å². The van der Waals surface area contributed by atoms with Crippen molar-refractivity contribution in [1.82, 2.24) is 10.1 Å². The van der Waals surface area contributed by atoms with Crippen LogP contribution in [0, 0.1) is 11.8 Å². The molecule has 21 heavy (non-hydrogen) atoms. The minimum atomic E-state index is -0.786. The van der Waals surface area contributed by atoms with Gasteiger partial charge in [0.25, 0.3) is 0 Å². The molecule has 1 N–H and O–H groups in total. The van der Waals surface area contributed by atoms with E-state index in [-0.39, 0.29) is 11.8 Å². The topological polar surface area (TPSA) is 85.5 Å². The second kappa shape index (κ2) is 5.40. The van der Waals surface area contributed by atoms with Crippen LogP contribution in [0.1, 0.15) is 63.6 Å². The van der Waals surface area contributed by atoms with E-state index in [1.807, 2.05) is 6.92 Å². The standard InChI is InChI=1S/C15H22N2O4/c1-3-20-15(6-4-9(2)5-7-15)14-16-12(21-17-14)10-8-11(10)13(18)19/h9-11H,3-8H2,1-2H3,(H,18,19). The summed E-state index contributed by atoms with van der Waals surface area (Å²) >= 11 is 0. The molecule has 2 atom stereocenters. The quantitative estimate of drug-likeness (QED) is 0.898. The highest BCUT2D eigenvalue weighted by atomic mass is 16.5. The monoisotopic (exact) mass is 294 g/mol. The number of aliphatic carboxylic acids is 1. The van der Waals surface area contributed by atoms with Gasteiger partial charge in [-0.1, -0.05) is 12.1 Å². The van der Waals surface area contributed by atoms with Gasteiger partial charge in [0.1, 0.15) is 5.60 Å². The smallest absolute Gasteiger partial charge is 0.307 e. The molecule has 0 bridgehead atoms. The number of aromatic nitrogens is 2. The van der Waals surface area contributed by atoms with Crippen LogP contribution < -0.4 is 0 Å². The average Bonchev–Trinajstić information content (AvgIpc) is 3.12. The molecule has 2 unspecified atom stereocenters. The lowest BCUT2D eigenvalue weighted by Gasteiger charge is -2.36. The number of rotatable bonds is 5. The van der Waals surface area contributed by atoms with E-state index in [0.717, 1.165) is 25.7 Å². The lowest BCUT2D eigenvalue weighted by molar-refractivity contribution is -0.138. The van der Waals surface area contributed by atoms with Gasteiger partial charge in [0.05, 0.1) is 11.8 Å². The highest BCUT2D eigenvalue weighted by Gasteiger charge is 2.49. The summed E-state index contributed by atoms with van der Waals surface area (Å²) in [5.41, 5.74) is -0.448. The highest BCUT2D eigenvalue weighted by Crippen LogP contribution is 2.48. The van der Waals surface area contributed by atoms with Crippen LogP contribution in [-0.4, -0.2) is 27.8 Å². The number of hydrogen-bond donors (Lipinski definition) is 1. The van der Waals surface area contributed by atoms with Crippen LogP contribution in [0.3, 0.4) is 0 Å². The van der Waals surface area contributed by atoms with Gasteiger partial charge in [0, 0.05) is 6.61 Å². The number of carboxylic acid groups (broad SMARTS) is 1. The number of ether oxygens (including phenoxy) is 1. The molecule has 116 valence electrons. The van der Waals surface area contributed by atoms with Gasteiger partial charge in [0.15, 0.2) is 0 Å². The number of hydrogen-bond acceptors (Lipinski definition) is 5. The Balaban J connectivity index is 1.78. The van der Waals surface area contributed by atoms with Gasteiger partial charge in [-0.2, -0.15) is 4.98 Å². The third-order valence-electron chi connectivity index (χ3n) is 4.78. The Hall–Kier alpha value is -1.43. The summed E-state index contributed by atoms with van der Waals surface area (Å²) < 4.78 is 11.3. The zero-order valence-electron chi connectivity index (χ0n) is 12.5. The molecule has 1 aromatic heterocycles. The van der Waals surface area contributed by atoms with E-state index in [1.54, 1.807) is 0 Å². The van der Waals surface area contributed by atoms with Gasteiger partial charge in [-0.3, -0.25) is 4.79 Å². The van der Waals surface area contributed by atoms with Crippen molar-refractivity contribution in [3.05, 3.63) is 11.7 Å². The minimum Gasteiger partial charge on any atom is -0.481 e. The molecule has 3 rings (SSSR count). The maximum atomic E-state index is 10.9. The normalized spacial score (nSPS) is 35.6. The van der Waals surface area contributed by atoms with Crippen LogP contribution in [0.25, 0.3) is 0 Å². The molecule has 0 aliphatic heterocycles. The molecule has 0 amide bonds. The van der Waals surface area contributed by atoms with Crippen LogP contribution in [0.15, 0.2) is 4.52 Å². The SMILES string of the molecule is CCOC1(c2noc(C3CC3C(=O)O)n2)CCC(C)CC1. The molecular weight excluding hydrogens is 272 g/mol. The van der Waals surface area contributed by atoms with Crippen molar-refractivity contribution in [3.8, 4) is 0 Å². The molecule has 6 heteroatoms. The third kappa shape index (κ3) is 2.69. The van der Waals surface area contributed by atoms with Crippen molar-refractivity contribution in [3.63, 3.8) is 0 Å². The Kier molecular flexibility index (Phi) is 3.73. The van der Waals surface area contributed by atoms with Crippen molar-refractivity contribution in [2.45, 2.75) is 57.5 Å². The first-order chi connectivity index (χ1) is 10.1. The summed E-state index contributed by atoms with van der Waals surface area (Å²) in [4.78, 5) is 15.4. The molecule has 2 aliphatic carbocycles. The van der Waals surface area contributed by atoms with Crippen molar-refractivity contribution < 1.29 is 19.2 Å². The van der Waals surface area contributed by atoms with E-state index >= 15 is 0 Å². The minimum absolute atomic E-state index is 0.120. The molecule has 0 radical (unpaired) electrons. The Bertz CT molecular complexity index is 519. The number of carboxylic acids is 1. The van der Waals surface area contributed by atoms with Crippen molar-refractivity contribution in [2.75, 3.05) is 6.61 Å². The van der Waals surface area contributed by atoms with Gasteiger partial charge >= 0.3 is 5.97 Å². The van der Waals surface area contributed by atoms with Gasteiger partial charge < -0.3 is 14.4 Å². The third-order valence-corrected chi connectivity index (χ3v) is 4.78. The van der Waals surface area contributed by atoms with E-state index in [1.165, 1.54) is 0 Å². The lowest BCUT2D eigenvalue weighted by atomic mass is 9.79. The van der Waals surface area contributed by atoms with Crippen molar-refractivity contribution in [1.29, 1.82) is 0 Å². The maximum Gasteiger partial charge on any atom is 0.307 e. The van der Waals surface area contributed by atoms with E-state index < -0.39 is 11.6 Å². The molecule has 2 fully saturated rings. The first kappa shape index (κ1) is 14.5. The lowest BCUT2D eigenvalue weighted by Crippen LogP contribution is -2.35. The number of carbonyl (C=O) groups is 1. The second-order valence-corrected chi connectivity index (χ2v) is 6.35. The van der Waals surface area contributed by atoms with Crippen LogP contribution in [0.5, 0.6) is 0 Å². The zero-order valence-corrected chi connectivity index (χ0v) is 12.5. The van der Waals surface area contributed by atoms with Crippen LogP contribution >= 0.6 is 0 Å². The summed E-state index contributed by atoms with van der Waals surface area (Å²) in [6.45, 7) is 4.83. The van der Waals surface area contributed by atoms with Crippen LogP contribution in [0.2, 0.25) is 0 Å². The average molecular weight is 294 g/mol. The largest absolute Gasteiger partial charge is 0.481 e. The Labute approximate surface area is 123 Å². The highest BCUT2D eigenvalue weighted by molar-refractivity contribution is 5.74. The zero-order chi connectivity index (χ0) is 15.0. The summed E-state index contributed by atoms with van der Waals surface area (Å²) in [6.07, 6.45) is 4.56.